The van der Waals surface area contributed by atoms with Crippen molar-refractivity contribution in [1.29, 1.82) is 0 Å². The van der Waals surface area contributed by atoms with Gasteiger partial charge in [-0.15, -0.1) is 0 Å². The third kappa shape index (κ3) is 5.62. The number of aryl methyl sites for hydroxylation is 2. The Morgan fingerprint density at radius 1 is 1.02 bits per heavy atom. The molecule has 1 fully saturated rings. The number of nitrogens with zero attached hydrogens (tertiary/aromatic N) is 5. The number of anilines is 2. The van der Waals surface area contributed by atoms with Gasteiger partial charge in [0.25, 0.3) is 5.91 Å². The van der Waals surface area contributed by atoms with Gasteiger partial charge < -0.3 is 16.0 Å². The summed E-state index contributed by atoms with van der Waals surface area (Å²) in [5, 5.41) is 7.32. The first-order valence-corrected chi connectivity index (χ1v) is 12.7. The van der Waals surface area contributed by atoms with Crippen LogP contribution < -0.4 is 11.1 Å². The minimum Gasteiger partial charge on any atom is -0.384 e. The Balaban J connectivity index is 1.24. The second-order valence-corrected chi connectivity index (χ2v) is 9.85. The highest BCUT2D eigenvalue weighted by Crippen LogP contribution is 2.37. The van der Waals surface area contributed by atoms with Crippen molar-refractivity contribution < 1.29 is 22.8 Å². The number of nitrogen functional groups attached to an aromatic ring is 1. The Labute approximate surface area is 228 Å². The minimum absolute atomic E-state index is 0.113. The summed E-state index contributed by atoms with van der Waals surface area (Å²) >= 11 is 0. The maximum Gasteiger partial charge on any atom is 0.417 e. The topological polar surface area (TPSA) is 109 Å². The Morgan fingerprint density at radius 2 is 1.73 bits per heavy atom. The molecule has 0 bridgehead atoms. The monoisotopic (exact) mass is 551 g/mol. The zero-order chi connectivity index (χ0) is 28.6. The van der Waals surface area contributed by atoms with Crippen molar-refractivity contribution in [2.45, 2.75) is 20.0 Å². The molecule has 9 nitrogen and oxygen atoms in total. The van der Waals surface area contributed by atoms with Gasteiger partial charge in [-0.1, -0.05) is 24.3 Å². The van der Waals surface area contributed by atoms with Crippen LogP contribution in [0.4, 0.5) is 24.7 Å². The minimum atomic E-state index is -4.62. The number of nitrogens with two attached hydrogens (primary N) is 1. The third-order valence-electron chi connectivity index (χ3n) is 6.99. The van der Waals surface area contributed by atoms with E-state index >= 15 is 0 Å². The van der Waals surface area contributed by atoms with Gasteiger partial charge in [0.15, 0.2) is 5.69 Å². The van der Waals surface area contributed by atoms with Gasteiger partial charge in [0, 0.05) is 55.4 Å². The standard InChI is InChI=1S/C28H28F3N7O2/c1-17-4-3-5-18(2)26(17)34-25(39)16-36-8-10-37(11-9-36)27(40)23-12-20-7-6-19(15-38(20)35-23)21-14-33-24(32)13-22(21)28(29,30)31/h3-7,12-15H,8-11,16H2,1-2H3,(H2,32,33)(H,34,39). The van der Waals surface area contributed by atoms with Crippen molar-refractivity contribution in [3.63, 3.8) is 0 Å². The first kappa shape index (κ1) is 27.1. The molecule has 1 aromatic carbocycles. The molecule has 0 aliphatic carbocycles. The highest BCUT2D eigenvalue weighted by Gasteiger charge is 2.34. The Morgan fingerprint density at radius 3 is 2.40 bits per heavy atom. The Bertz CT molecular complexity index is 1570. The number of hydrogen-bond donors (Lipinski definition) is 2. The first-order valence-electron chi connectivity index (χ1n) is 12.7. The number of aromatic nitrogens is 3. The summed E-state index contributed by atoms with van der Waals surface area (Å²) in [7, 11) is 0. The molecule has 3 N–H and O–H groups in total. The number of halogens is 3. The fourth-order valence-corrected chi connectivity index (χ4v) is 4.85. The highest BCUT2D eigenvalue weighted by molar-refractivity contribution is 5.94. The van der Waals surface area contributed by atoms with Crippen LogP contribution in [-0.2, 0) is 11.0 Å². The van der Waals surface area contributed by atoms with Crippen LogP contribution in [-0.4, -0.2) is 68.9 Å². The van der Waals surface area contributed by atoms with Crippen LogP contribution in [0.2, 0.25) is 0 Å². The Hall–Kier alpha value is -4.45. The molecule has 40 heavy (non-hydrogen) atoms. The van der Waals surface area contributed by atoms with E-state index in [1.165, 1.54) is 16.8 Å². The second kappa shape index (κ2) is 10.6. The van der Waals surface area contributed by atoms with Gasteiger partial charge in [-0.05, 0) is 43.2 Å². The smallest absolute Gasteiger partial charge is 0.384 e. The van der Waals surface area contributed by atoms with Gasteiger partial charge in [-0.3, -0.25) is 14.5 Å². The number of benzene rings is 1. The molecular weight excluding hydrogens is 523 g/mol. The molecule has 2 amide bonds. The summed E-state index contributed by atoms with van der Waals surface area (Å²) in [6.07, 6.45) is -2.10. The van der Waals surface area contributed by atoms with E-state index in [0.717, 1.165) is 29.1 Å². The highest BCUT2D eigenvalue weighted by atomic mass is 19.4. The lowest BCUT2D eigenvalue weighted by atomic mass is 10.0. The molecule has 4 heterocycles. The van der Waals surface area contributed by atoms with Crippen LogP contribution in [0.15, 0.2) is 54.9 Å². The number of para-hydroxylation sites is 1. The SMILES string of the molecule is Cc1cccc(C)c1NC(=O)CN1CCN(C(=O)c2cc3ccc(-c4cnc(N)cc4C(F)(F)F)cn3n2)CC1. The summed E-state index contributed by atoms with van der Waals surface area (Å²) in [6.45, 7) is 5.99. The Kier molecular flexibility index (Phi) is 7.19. The molecule has 1 saturated heterocycles. The quantitative estimate of drug-likeness (QED) is 0.388. The fourth-order valence-electron chi connectivity index (χ4n) is 4.85. The number of alkyl halides is 3. The zero-order valence-electron chi connectivity index (χ0n) is 22.0. The van der Waals surface area contributed by atoms with Gasteiger partial charge in [-0.25, -0.2) is 9.50 Å². The molecule has 4 aromatic rings. The molecule has 0 saturated carbocycles. The lowest BCUT2D eigenvalue weighted by Gasteiger charge is -2.34. The van der Waals surface area contributed by atoms with Crippen molar-refractivity contribution in [3.8, 4) is 11.1 Å². The van der Waals surface area contributed by atoms with Gasteiger partial charge in [0.1, 0.15) is 5.82 Å². The second-order valence-electron chi connectivity index (χ2n) is 9.85. The number of pyridine rings is 2. The maximum atomic E-state index is 13.6. The van der Waals surface area contributed by atoms with E-state index in [0.29, 0.717) is 31.7 Å². The van der Waals surface area contributed by atoms with Crippen molar-refractivity contribution in [1.82, 2.24) is 24.4 Å². The van der Waals surface area contributed by atoms with Crippen LogP contribution in [0.3, 0.4) is 0 Å². The molecule has 0 unspecified atom stereocenters. The normalized spacial score (nSPS) is 14.5. The predicted molar refractivity (Wildman–Crippen MR) is 145 cm³/mol. The molecule has 208 valence electrons. The summed E-state index contributed by atoms with van der Waals surface area (Å²) in [5.74, 6) is -0.625. The summed E-state index contributed by atoms with van der Waals surface area (Å²) in [5.41, 5.74) is 8.24. The van der Waals surface area contributed by atoms with Crippen molar-refractivity contribution in [2.24, 2.45) is 0 Å². The van der Waals surface area contributed by atoms with E-state index in [4.69, 9.17) is 5.73 Å². The van der Waals surface area contributed by atoms with E-state index in [9.17, 15) is 22.8 Å². The zero-order valence-corrected chi connectivity index (χ0v) is 22.0. The maximum absolute atomic E-state index is 13.6. The average Bonchev–Trinajstić information content (AvgIpc) is 3.34. The summed E-state index contributed by atoms with van der Waals surface area (Å²) in [6, 6.07) is 11.4. The first-order chi connectivity index (χ1) is 19.0. The molecular formula is C28H28F3N7O2. The number of piperazine rings is 1. The van der Waals surface area contributed by atoms with Gasteiger partial charge in [0.2, 0.25) is 5.91 Å². The largest absolute Gasteiger partial charge is 0.417 e. The molecule has 1 aliphatic rings. The average molecular weight is 552 g/mol. The lowest BCUT2D eigenvalue weighted by molar-refractivity contribution is -0.137. The number of carbonyl (C=O) groups is 2. The summed E-state index contributed by atoms with van der Waals surface area (Å²) in [4.78, 5) is 33.3. The van der Waals surface area contributed by atoms with E-state index in [1.807, 2.05) is 36.9 Å². The van der Waals surface area contributed by atoms with Crippen LogP contribution >= 0.6 is 0 Å². The van der Waals surface area contributed by atoms with E-state index in [-0.39, 0.29) is 41.0 Å². The van der Waals surface area contributed by atoms with E-state index < -0.39 is 11.7 Å². The molecule has 1 aliphatic heterocycles. The van der Waals surface area contributed by atoms with Gasteiger partial charge >= 0.3 is 6.18 Å². The van der Waals surface area contributed by atoms with Crippen LogP contribution in [0, 0.1) is 13.8 Å². The molecule has 0 atom stereocenters. The molecule has 5 rings (SSSR count). The number of amides is 2. The van der Waals surface area contributed by atoms with Crippen molar-refractivity contribution in [3.05, 3.63) is 77.2 Å². The van der Waals surface area contributed by atoms with E-state index in [1.54, 1.807) is 17.0 Å². The molecule has 12 heteroatoms. The van der Waals surface area contributed by atoms with Crippen LogP contribution in [0.25, 0.3) is 16.6 Å². The van der Waals surface area contributed by atoms with Crippen LogP contribution in [0.5, 0.6) is 0 Å². The molecule has 0 spiro atoms. The number of carbonyl (C=O) groups excluding carboxylic acids is 2. The van der Waals surface area contributed by atoms with Crippen molar-refractivity contribution >= 4 is 28.8 Å². The molecule has 0 radical (unpaired) electrons. The van der Waals surface area contributed by atoms with Gasteiger partial charge in [0.05, 0.1) is 17.6 Å². The van der Waals surface area contributed by atoms with Crippen LogP contribution in [0.1, 0.15) is 27.2 Å². The number of rotatable bonds is 5. The fraction of sp³-hybridized carbons (Fsp3) is 0.286. The summed E-state index contributed by atoms with van der Waals surface area (Å²) < 4.78 is 42.2. The van der Waals surface area contributed by atoms with Gasteiger partial charge in [-0.2, -0.15) is 18.3 Å². The number of fused-ring (bicyclic) bond motifs is 1. The molecule has 3 aromatic heterocycles. The number of hydrogen-bond acceptors (Lipinski definition) is 6. The van der Waals surface area contributed by atoms with Crippen molar-refractivity contribution in [2.75, 3.05) is 43.8 Å². The van der Waals surface area contributed by atoms with E-state index in [2.05, 4.69) is 15.4 Å². The third-order valence-corrected chi connectivity index (χ3v) is 6.99. The predicted octanol–water partition coefficient (Wildman–Crippen LogP) is 4.01. The number of nitrogens with one attached hydrogen (secondary N) is 1. The lowest BCUT2D eigenvalue weighted by Crippen LogP contribution is -2.50.